The number of rotatable bonds is 9. The summed E-state index contributed by atoms with van der Waals surface area (Å²) in [7, 11) is 0. The quantitative estimate of drug-likeness (QED) is 0.409. The summed E-state index contributed by atoms with van der Waals surface area (Å²) in [5.74, 6) is 0.469. The summed E-state index contributed by atoms with van der Waals surface area (Å²) in [5, 5.41) is 30.6. The van der Waals surface area contributed by atoms with Crippen LogP contribution in [-0.4, -0.2) is 49.7 Å². The highest BCUT2D eigenvalue weighted by atomic mass is 32.2. The molecule has 0 bridgehead atoms. The first-order valence-electron chi connectivity index (χ1n) is 10.1. The maximum absolute atomic E-state index is 10.7. The van der Waals surface area contributed by atoms with Gasteiger partial charge >= 0.3 is 5.97 Å². The zero-order chi connectivity index (χ0) is 19.9. The fraction of sp³-hybridized carbons (Fsp3) is 0.591. The van der Waals surface area contributed by atoms with Gasteiger partial charge in [-0.3, -0.25) is 4.79 Å². The van der Waals surface area contributed by atoms with Crippen molar-refractivity contribution in [3.63, 3.8) is 0 Å². The highest BCUT2D eigenvalue weighted by molar-refractivity contribution is 8.00. The summed E-state index contributed by atoms with van der Waals surface area (Å²) < 4.78 is 0. The van der Waals surface area contributed by atoms with Gasteiger partial charge in [0.1, 0.15) is 0 Å². The lowest BCUT2D eigenvalue weighted by Gasteiger charge is -2.33. The Morgan fingerprint density at radius 1 is 1.29 bits per heavy atom. The summed E-state index contributed by atoms with van der Waals surface area (Å²) in [6.07, 6.45) is 7.94. The van der Waals surface area contributed by atoms with Crippen molar-refractivity contribution in [1.82, 2.24) is 0 Å². The topological polar surface area (TPSA) is 77.8 Å². The van der Waals surface area contributed by atoms with Crippen LogP contribution in [0.15, 0.2) is 47.4 Å². The minimum atomic E-state index is -0.718. The molecule has 6 heteroatoms. The third kappa shape index (κ3) is 6.28. The zero-order valence-corrected chi connectivity index (χ0v) is 17.7. The van der Waals surface area contributed by atoms with Crippen LogP contribution in [0, 0.1) is 11.8 Å². The van der Waals surface area contributed by atoms with Crippen LogP contribution in [-0.2, 0) is 4.79 Å². The molecular weight excluding hydrogens is 392 g/mol. The first-order valence-corrected chi connectivity index (χ1v) is 12.1. The third-order valence-corrected chi connectivity index (χ3v) is 8.58. The number of benzene rings is 1. The van der Waals surface area contributed by atoms with E-state index in [1.165, 1.54) is 0 Å². The molecule has 0 spiro atoms. The van der Waals surface area contributed by atoms with Gasteiger partial charge in [0.25, 0.3) is 0 Å². The second-order valence-corrected chi connectivity index (χ2v) is 10.4. The summed E-state index contributed by atoms with van der Waals surface area (Å²) in [4.78, 5) is 11.8. The first kappa shape index (κ1) is 21.8. The Labute approximate surface area is 175 Å². The van der Waals surface area contributed by atoms with Gasteiger partial charge in [-0.1, -0.05) is 30.4 Å². The molecule has 154 valence electrons. The number of thioether (sulfide) groups is 2. The molecule has 2 aliphatic rings. The summed E-state index contributed by atoms with van der Waals surface area (Å²) in [6, 6.07) is 10.1. The van der Waals surface area contributed by atoms with Crippen molar-refractivity contribution < 1.29 is 20.1 Å². The van der Waals surface area contributed by atoms with Gasteiger partial charge in [0.05, 0.1) is 12.2 Å². The van der Waals surface area contributed by atoms with Gasteiger partial charge in [-0.15, -0.1) is 11.8 Å². The molecule has 6 atom stereocenters. The van der Waals surface area contributed by atoms with Crippen molar-refractivity contribution in [2.45, 2.75) is 66.1 Å². The largest absolute Gasteiger partial charge is 0.481 e. The number of carboxylic acid groups (broad SMARTS) is 1. The van der Waals surface area contributed by atoms with Crippen molar-refractivity contribution in [2.75, 3.05) is 5.75 Å². The van der Waals surface area contributed by atoms with Crippen LogP contribution < -0.4 is 0 Å². The third-order valence-electron chi connectivity index (χ3n) is 5.72. The maximum Gasteiger partial charge on any atom is 0.303 e. The molecule has 1 aliphatic carbocycles. The molecule has 1 aromatic carbocycles. The summed E-state index contributed by atoms with van der Waals surface area (Å²) >= 11 is 3.58. The normalized spacial score (nSPS) is 31.0. The van der Waals surface area contributed by atoms with Crippen LogP contribution in [0.25, 0.3) is 0 Å². The number of hydrogen-bond donors (Lipinski definition) is 3. The molecule has 3 rings (SSSR count). The standard InChI is InChI=1S/C22H30O4S2/c23-15(14-27-16-5-2-1-3-6-16)9-11-18-19-12-10-17(7-4-8-22(25)26)28-21(19)13-20(18)24/h1-3,5-6,9,11,15,17-21,23-24H,4,7-8,10,12-14H2,(H,25,26)/t15-,17+,18-,19-,20-,21+/m1/s1. The van der Waals surface area contributed by atoms with Crippen molar-refractivity contribution in [2.24, 2.45) is 11.8 Å². The van der Waals surface area contributed by atoms with E-state index >= 15 is 0 Å². The lowest BCUT2D eigenvalue weighted by atomic mass is 9.88. The Morgan fingerprint density at radius 2 is 2.07 bits per heavy atom. The predicted octanol–water partition coefficient (Wildman–Crippen LogP) is 4.21. The molecule has 0 aromatic heterocycles. The number of aliphatic carboxylic acids is 1. The molecule has 0 radical (unpaired) electrons. The van der Waals surface area contributed by atoms with Crippen molar-refractivity contribution in [3.8, 4) is 0 Å². The van der Waals surface area contributed by atoms with Crippen LogP contribution >= 0.6 is 23.5 Å². The molecule has 2 fully saturated rings. The molecule has 1 aromatic rings. The van der Waals surface area contributed by atoms with Crippen LogP contribution in [0.1, 0.15) is 38.5 Å². The zero-order valence-electron chi connectivity index (χ0n) is 16.0. The van der Waals surface area contributed by atoms with Gasteiger partial charge in [-0.2, -0.15) is 11.8 Å². The van der Waals surface area contributed by atoms with Gasteiger partial charge in [0.2, 0.25) is 0 Å². The SMILES string of the molecule is O=C(O)CCC[C@H]1CC[C@@H]2[C@@H](C=C[C@@H](O)CSc3ccccc3)[C@H](O)C[C@@H]2S1. The van der Waals surface area contributed by atoms with Crippen molar-refractivity contribution in [3.05, 3.63) is 42.5 Å². The average Bonchev–Trinajstić information content (AvgIpc) is 2.99. The van der Waals surface area contributed by atoms with E-state index in [4.69, 9.17) is 5.11 Å². The van der Waals surface area contributed by atoms with E-state index in [1.54, 1.807) is 11.8 Å². The van der Waals surface area contributed by atoms with E-state index in [1.807, 2.05) is 54.2 Å². The van der Waals surface area contributed by atoms with E-state index in [2.05, 4.69) is 0 Å². The number of aliphatic hydroxyl groups excluding tert-OH is 2. The van der Waals surface area contributed by atoms with E-state index in [0.717, 1.165) is 37.0 Å². The van der Waals surface area contributed by atoms with E-state index in [0.29, 0.717) is 22.2 Å². The highest BCUT2D eigenvalue weighted by Gasteiger charge is 2.44. The van der Waals surface area contributed by atoms with Crippen LogP contribution in [0.5, 0.6) is 0 Å². The van der Waals surface area contributed by atoms with Crippen LogP contribution in [0.3, 0.4) is 0 Å². The predicted molar refractivity (Wildman–Crippen MR) is 116 cm³/mol. The molecule has 1 saturated heterocycles. The van der Waals surface area contributed by atoms with Gasteiger partial charge < -0.3 is 15.3 Å². The monoisotopic (exact) mass is 422 g/mol. The van der Waals surface area contributed by atoms with Gasteiger partial charge in [0, 0.05) is 33.5 Å². The fourth-order valence-corrected chi connectivity index (χ4v) is 7.03. The minimum Gasteiger partial charge on any atom is -0.481 e. The Hall–Kier alpha value is -0.950. The number of fused-ring (bicyclic) bond motifs is 1. The molecule has 4 nitrogen and oxygen atoms in total. The van der Waals surface area contributed by atoms with Gasteiger partial charge in [-0.05, 0) is 50.2 Å². The lowest BCUT2D eigenvalue weighted by Crippen LogP contribution is -2.26. The number of carbonyl (C=O) groups is 1. The maximum atomic E-state index is 10.7. The van der Waals surface area contributed by atoms with Crippen molar-refractivity contribution >= 4 is 29.5 Å². The number of aliphatic hydroxyl groups is 2. The summed E-state index contributed by atoms with van der Waals surface area (Å²) in [6.45, 7) is 0. The number of carboxylic acids is 1. The Morgan fingerprint density at radius 3 is 2.82 bits per heavy atom. The van der Waals surface area contributed by atoms with E-state index in [9.17, 15) is 15.0 Å². The Kier molecular flexibility index (Phi) is 8.33. The molecule has 3 N–H and O–H groups in total. The van der Waals surface area contributed by atoms with Crippen LogP contribution in [0.4, 0.5) is 0 Å². The Bertz CT molecular complexity index is 651. The lowest BCUT2D eigenvalue weighted by molar-refractivity contribution is -0.137. The summed E-state index contributed by atoms with van der Waals surface area (Å²) in [5.41, 5.74) is 0. The van der Waals surface area contributed by atoms with Gasteiger partial charge in [-0.25, -0.2) is 0 Å². The van der Waals surface area contributed by atoms with E-state index in [-0.39, 0.29) is 18.4 Å². The smallest absolute Gasteiger partial charge is 0.303 e. The molecule has 1 saturated carbocycles. The molecule has 1 aliphatic heterocycles. The van der Waals surface area contributed by atoms with Gasteiger partial charge in [0.15, 0.2) is 0 Å². The molecule has 0 unspecified atom stereocenters. The number of hydrogen-bond acceptors (Lipinski definition) is 5. The molecule has 0 amide bonds. The molecular formula is C22H30O4S2. The molecule has 1 heterocycles. The minimum absolute atomic E-state index is 0.119. The highest BCUT2D eigenvalue weighted by Crippen LogP contribution is 2.49. The second kappa shape index (κ2) is 10.7. The fourth-order valence-electron chi connectivity index (χ4n) is 4.31. The van der Waals surface area contributed by atoms with E-state index < -0.39 is 12.1 Å². The second-order valence-electron chi connectivity index (χ2n) is 7.78. The Balaban J connectivity index is 1.46. The van der Waals surface area contributed by atoms with Crippen molar-refractivity contribution in [1.29, 1.82) is 0 Å². The average molecular weight is 423 g/mol. The first-order chi connectivity index (χ1) is 13.5. The molecule has 28 heavy (non-hydrogen) atoms. The van der Waals surface area contributed by atoms with Crippen LogP contribution in [0.2, 0.25) is 0 Å².